The maximum atomic E-state index is 11.5. The minimum atomic E-state index is -0.388. The monoisotopic (exact) mass is 261 g/mol. The van der Waals surface area contributed by atoms with Crippen LogP contribution in [0, 0.1) is 11.3 Å². The van der Waals surface area contributed by atoms with E-state index in [4.69, 9.17) is 10.00 Å². The smallest absolute Gasteiger partial charge is 0.264 e. The number of nitrogens with one attached hydrogen (secondary N) is 1. The van der Waals surface area contributed by atoms with Gasteiger partial charge in [0, 0.05) is 11.5 Å². The predicted octanol–water partition coefficient (Wildman–Crippen LogP) is 0.822. The maximum absolute atomic E-state index is 11.5. The minimum Gasteiger partial charge on any atom is -0.482 e. The molecule has 0 atom stereocenters. The Morgan fingerprint density at radius 1 is 1.50 bits per heavy atom. The summed E-state index contributed by atoms with van der Waals surface area (Å²) >= 11 is 0.969. The van der Waals surface area contributed by atoms with Crippen LogP contribution >= 0.6 is 11.5 Å². The second-order valence-corrected chi connectivity index (χ2v) is 3.84. The number of carbonyl (C=O) groups excluding carboxylic acids is 1. The first-order chi connectivity index (χ1) is 8.79. The number of amides is 1. The number of carbonyl (C=O) groups is 1. The maximum Gasteiger partial charge on any atom is 0.264 e. The lowest BCUT2D eigenvalue weighted by atomic mass is 10.2. The predicted molar refractivity (Wildman–Crippen MR) is 63.0 cm³/mol. The number of anilines is 1. The van der Waals surface area contributed by atoms with E-state index in [1.165, 1.54) is 0 Å². The van der Waals surface area contributed by atoms with Crippen molar-refractivity contribution in [2.75, 3.05) is 11.9 Å². The van der Waals surface area contributed by atoms with Gasteiger partial charge in [-0.25, -0.2) is 0 Å². The Kier molecular flexibility index (Phi) is 3.78. The Hall–Kier alpha value is -2.53. The van der Waals surface area contributed by atoms with Gasteiger partial charge in [0.15, 0.2) is 6.61 Å². The average Bonchev–Trinajstić information content (AvgIpc) is 2.89. The molecule has 0 unspecified atom stereocenters. The van der Waals surface area contributed by atoms with E-state index in [1.54, 1.807) is 24.3 Å². The fraction of sp³-hybridized carbons (Fsp3) is 0.100. The lowest BCUT2D eigenvalue weighted by Crippen LogP contribution is -2.20. The second-order valence-electron chi connectivity index (χ2n) is 3.11. The lowest BCUT2D eigenvalue weighted by molar-refractivity contribution is -0.118. The molecule has 7 nitrogen and oxygen atoms in total. The quantitative estimate of drug-likeness (QED) is 0.874. The van der Waals surface area contributed by atoms with Crippen LogP contribution in [0.15, 0.2) is 24.3 Å². The number of ether oxygens (including phenoxy) is 1. The molecule has 2 aromatic rings. The third kappa shape index (κ3) is 2.99. The number of nitrogens with zero attached hydrogens (tertiary/aromatic N) is 4. The molecule has 2 rings (SSSR count). The molecule has 0 saturated heterocycles. The van der Waals surface area contributed by atoms with Crippen molar-refractivity contribution in [1.29, 1.82) is 5.26 Å². The summed E-state index contributed by atoms with van der Waals surface area (Å²) in [5.74, 6) is -0.0215. The lowest BCUT2D eigenvalue weighted by Gasteiger charge is -2.06. The van der Waals surface area contributed by atoms with Gasteiger partial charge in [0.2, 0.25) is 5.13 Å². The molecule has 0 fully saturated rings. The number of benzene rings is 1. The van der Waals surface area contributed by atoms with Crippen molar-refractivity contribution in [3.63, 3.8) is 0 Å². The molecule has 0 bridgehead atoms. The topological polar surface area (TPSA) is 101 Å². The zero-order valence-electron chi connectivity index (χ0n) is 9.03. The fourth-order valence-electron chi connectivity index (χ4n) is 1.17. The molecule has 90 valence electrons. The number of hydrogen-bond donors (Lipinski definition) is 1. The summed E-state index contributed by atoms with van der Waals surface area (Å²) in [5, 5.41) is 18.5. The molecule has 1 aromatic heterocycles. The zero-order valence-corrected chi connectivity index (χ0v) is 9.85. The average molecular weight is 261 g/mol. The minimum absolute atomic E-state index is 0.210. The highest BCUT2D eigenvalue weighted by atomic mass is 32.1. The van der Waals surface area contributed by atoms with E-state index in [9.17, 15) is 4.79 Å². The molecular weight excluding hydrogens is 254 g/mol. The van der Waals surface area contributed by atoms with Crippen molar-refractivity contribution < 1.29 is 9.53 Å². The van der Waals surface area contributed by atoms with Gasteiger partial charge in [-0.05, 0) is 17.3 Å². The molecule has 1 aromatic carbocycles. The van der Waals surface area contributed by atoms with E-state index in [1.807, 2.05) is 6.07 Å². The van der Waals surface area contributed by atoms with Crippen LogP contribution in [0.1, 0.15) is 5.56 Å². The molecular formula is C10H7N5O2S. The van der Waals surface area contributed by atoms with Crippen LogP contribution < -0.4 is 10.1 Å². The van der Waals surface area contributed by atoms with Gasteiger partial charge in [0.25, 0.3) is 5.91 Å². The Morgan fingerprint density at radius 2 is 2.33 bits per heavy atom. The summed E-state index contributed by atoms with van der Waals surface area (Å²) in [5.41, 5.74) is 0.378. The molecule has 1 heterocycles. The van der Waals surface area contributed by atoms with Gasteiger partial charge in [0.05, 0.1) is 5.56 Å². The van der Waals surface area contributed by atoms with Gasteiger partial charge >= 0.3 is 0 Å². The van der Waals surface area contributed by atoms with Crippen LogP contribution in [-0.2, 0) is 4.79 Å². The molecule has 0 aliphatic heterocycles. The van der Waals surface area contributed by atoms with Crippen molar-refractivity contribution in [2.45, 2.75) is 0 Å². The van der Waals surface area contributed by atoms with Crippen molar-refractivity contribution in [3.8, 4) is 11.8 Å². The third-order valence-electron chi connectivity index (χ3n) is 1.91. The molecule has 0 spiro atoms. The summed E-state index contributed by atoms with van der Waals surface area (Å²) in [4.78, 5) is 11.5. The number of para-hydroxylation sites is 1. The zero-order chi connectivity index (χ0) is 12.8. The molecule has 18 heavy (non-hydrogen) atoms. The first-order valence-corrected chi connectivity index (χ1v) is 5.64. The molecule has 0 aliphatic rings. The fourth-order valence-corrected chi connectivity index (χ4v) is 1.55. The summed E-state index contributed by atoms with van der Waals surface area (Å²) in [7, 11) is 0. The second kappa shape index (κ2) is 5.70. The Labute approximate surface area is 106 Å². The van der Waals surface area contributed by atoms with Crippen molar-refractivity contribution >= 4 is 22.6 Å². The van der Waals surface area contributed by atoms with Crippen molar-refractivity contribution in [1.82, 2.24) is 14.8 Å². The first kappa shape index (κ1) is 11.9. The summed E-state index contributed by atoms with van der Waals surface area (Å²) in [6.45, 7) is -0.210. The highest BCUT2D eigenvalue weighted by Gasteiger charge is 2.08. The molecule has 8 heteroatoms. The van der Waals surface area contributed by atoms with E-state index in [0.29, 0.717) is 16.4 Å². The van der Waals surface area contributed by atoms with Gasteiger partial charge in [-0.15, -0.1) is 0 Å². The molecule has 0 aliphatic carbocycles. The molecule has 0 radical (unpaired) electrons. The number of aromatic nitrogens is 3. The number of hydrogen-bond acceptors (Lipinski definition) is 7. The van der Waals surface area contributed by atoms with E-state index in [2.05, 4.69) is 20.1 Å². The van der Waals surface area contributed by atoms with Crippen LogP contribution in [0.5, 0.6) is 5.75 Å². The van der Waals surface area contributed by atoms with E-state index >= 15 is 0 Å². The summed E-state index contributed by atoms with van der Waals surface area (Å²) < 4.78 is 8.74. The van der Waals surface area contributed by atoms with Crippen LogP contribution in [0.4, 0.5) is 5.13 Å². The SMILES string of the molecule is N#Cc1ccccc1OCC(=O)Nc1nnns1. The van der Waals surface area contributed by atoms with E-state index < -0.39 is 0 Å². The van der Waals surface area contributed by atoms with Gasteiger partial charge in [-0.3, -0.25) is 10.1 Å². The van der Waals surface area contributed by atoms with E-state index in [0.717, 1.165) is 11.5 Å². The Bertz CT molecular complexity index is 578. The normalized spacial score (nSPS) is 9.50. The number of nitriles is 1. The van der Waals surface area contributed by atoms with Crippen LogP contribution in [0.2, 0.25) is 0 Å². The summed E-state index contributed by atoms with van der Waals surface area (Å²) in [6, 6.07) is 8.66. The third-order valence-corrected chi connectivity index (χ3v) is 2.42. The van der Waals surface area contributed by atoms with Crippen molar-refractivity contribution in [3.05, 3.63) is 29.8 Å². The molecule has 0 saturated carbocycles. The first-order valence-electron chi connectivity index (χ1n) is 4.86. The van der Waals surface area contributed by atoms with Gasteiger partial charge < -0.3 is 4.74 Å². The Morgan fingerprint density at radius 3 is 3.06 bits per heavy atom. The van der Waals surface area contributed by atoms with Gasteiger partial charge in [-0.1, -0.05) is 21.7 Å². The number of rotatable bonds is 4. The van der Waals surface area contributed by atoms with Gasteiger partial charge in [0.1, 0.15) is 11.8 Å². The molecule has 1 amide bonds. The highest BCUT2D eigenvalue weighted by Crippen LogP contribution is 2.16. The highest BCUT2D eigenvalue weighted by molar-refractivity contribution is 7.09. The van der Waals surface area contributed by atoms with Crippen LogP contribution in [0.3, 0.4) is 0 Å². The van der Waals surface area contributed by atoms with Crippen molar-refractivity contribution in [2.24, 2.45) is 0 Å². The van der Waals surface area contributed by atoms with E-state index in [-0.39, 0.29) is 12.5 Å². The van der Waals surface area contributed by atoms with Crippen LogP contribution in [-0.4, -0.2) is 27.3 Å². The Balaban J connectivity index is 1.92. The standard InChI is InChI=1S/C10H7N5O2S/c11-5-7-3-1-2-4-8(7)17-6-9(16)12-10-13-14-15-18-10/h1-4H,6H2,(H,12,13,15,16). The van der Waals surface area contributed by atoms with Gasteiger partial charge in [-0.2, -0.15) is 5.26 Å². The largest absolute Gasteiger partial charge is 0.482 e. The summed E-state index contributed by atoms with van der Waals surface area (Å²) in [6.07, 6.45) is 0. The van der Waals surface area contributed by atoms with Crippen LogP contribution in [0.25, 0.3) is 0 Å². The molecule has 1 N–H and O–H groups in total.